The molecule has 8 atom stereocenters. The Kier molecular flexibility index (Phi) is 10.7. The Morgan fingerprint density at radius 1 is 0.906 bits per heavy atom. The van der Waals surface area contributed by atoms with E-state index in [-0.39, 0.29) is 46.1 Å². The molecule has 0 bridgehead atoms. The SMILES string of the molecule is CC(C)C1=C2C3CCC4C(C)(CCC5C(C)(C)C(OC(=O)CC(C)(C)C(=O)O)CCC54C)C3CCC2(CCN(CCN2CCCC2)CC2CC2)CC1=O. The number of ether oxygens (including phenoxy) is 1. The van der Waals surface area contributed by atoms with Crippen LogP contribution in [0.15, 0.2) is 11.1 Å². The largest absolute Gasteiger partial charge is 0.481 e. The molecule has 1 heterocycles. The van der Waals surface area contributed by atoms with Gasteiger partial charge in [-0.3, -0.25) is 14.4 Å². The van der Waals surface area contributed by atoms with Crippen LogP contribution in [0.25, 0.3) is 0 Å². The van der Waals surface area contributed by atoms with Crippen molar-refractivity contribution in [1.29, 1.82) is 0 Å². The van der Waals surface area contributed by atoms with E-state index < -0.39 is 11.4 Å². The first-order chi connectivity index (χ1) is 24.9. The normalized spacial score (nSPS) is 38.5. The van der Waals surface area contributed by atoms with E-state index in [2.05, 4.69) is 51.3 Å². The number of carbonyl (C=O) groups is 3. The average molecular weight is 735 g/mol. The van der Waals surface area contributed by atoms with Gasteiger partial charge >= 0.3 is 11.9 Å². The van der Waals surface area contributed by atoms with E-state index >= 15 is 0 Å². The van der Waals surface area contributed by atoms with Crippen LogP contribution in [0.1, 0.15) is 152 Å². The summed E-state index contributed by atoms with van der Waals surface area (Å²) < 4.78 is 6.20. The number of hydrogen-bond donors (Lipinski definition) is 1. The highest BCUT2D eigenvalue weighted by Gasteiger charge is 2.66. The second kappa shape index (κ2) is 14.3. The lowest BCUT2D eigenvalue weighted by Crippen LogP contribution is -2.63. The number of aliphatic carboxylic acids is 1. The van der Waals surface area contributed by atoms with Crippen molar-refractivity contribution in [2.45, 2.75) is 158 Å². The minimum atomic E-state index is -1.13. The highest BCUT2D eigenvalue weighted by molar-refractivity contribution is 6.00. The van der Waals surface area contributed by atoms with Gasteiger partial charge in [0, 0.05) is 36.9 Å². The Morgan fingerprint density at radius 2 is 1.60 bits per heavy atom. The van der Waals surface area contributed by atoms with Crippen LogP contribution >= 0.6 is 0 Å². The molecule has 7 heteroatoms. The van der Waals surface area contributed by atoms with Crippen LogP contribution < -0.4 is 0 Å². The predicted molar refractivity (Wildman–Crippen MR) is 210 cm³/mol. The van der Waals surface area contributed by atoms with E-state index in [9.17, 15) is 19.5 Å². The van der Waals surface area contributed by atoms with Gasteiger partial charge in [-0.25, -0.2) is 0 Å². The van der Waals surface area contributed by atoms with E-state index in [4.69, 9.17) is 4.74 Å². The van der Waals surface area contributed by atoms with Crippen molar-refractivity contribution in [2.24, 2.45) is 62.6 Å². The summed E-state index contributed by atoms with van der Waals surface area (Å²) in [5, 5.41) is 9.62. The summed E-state index contributed by atoms with van der Waals surface area (Å²) >= 11 is 0. The molecule has 0 aromatic rings. The number of allylic oxidation sites excluding steroid dienone is 2. The lowest BCUT2D eigenvalue weighted by Gasteiger charge is -2.69. The Bertz CT molecular complexity index is 1450. The van der Waals surface area contributed by atoms with E-state index in [1.807, 2.05) is 0 Å². The smallest absolute Gasteiger partial charge is 0.309 e. The molecule has 0 amide bonds. The van der Waals surface area contributed by atoms with Gasteiger partial charge in [-0.05, 0) is 169 Å². The molecule has 298 valence electrons. The maximum absolute atomic E-state index is 14.1. The molecule has 0 aromatic carbocycles. The Balaban J connectivity index is 1.09. The number of rotatable bonds is 13. The number of esters is 1. The molecule has 7 nitrogen and oxygen atoms in total. The molecule has 6 aliphatic carbocycles. The summed E-state index contributed by atoms with van der Waals surface area (Å²) in [6.45, 7) is 24.9. The number of nitrogens with zero attached hydrogens (tertiary/aromatic N) is 2. The van der Waals surface area contributed by atoms with Crippen molar-refractivity contribution in [3.8, 4) is 0 Å². The van der Waals surface area contributed by atoms with Crippen LogP contribution in [0.4, 0.5) is 0 Å². The molecule has 1 aliphatic heterocycles. The monoisotopic (exact) mass is 735 g/mol. The maximum atomic E-state index is 14.1. The number of ketones is 1. The van der Waals surface area contributed by atoms with Gasteiger partial charge in [0.05, 0.1) is 11.8 Å². The quantitative estimate of drug-likeness (QED) is 0.189. The Hall–Kier alpha value is -1.73. The summed E-state index contributed by atoms with van der Waals surface area (Å²) in [5.74, 6) is 2.50. The lowest BCUT2D eigenvalue weighted by molar-refractivity contribution is -0.214. The summed E-state index contributed by atoms with van der Waals surface area (Å²) in [4.78, 5) is 44.5. The van der Waals surface area contributed by atoms with E-state index in [1.165, 1.54) is 96.1 Å². The van der Waals surface area contributed by atoms with E-state index in [0.29, 0.717) is 29.5 Å². The van der Waals surface area contributed by atoms with Gasteiger partial charge in [0.25, 0.3) is 0 Å². The highest BCUT2D eigenvalue weighted by atomic mass is 16.5. The van der Waals surface area contributed by atoms with Crippen molar-refractivity contribution >= 4 is 17.7 Å². The summed E-state index contributed by atoms with van der Waals surface area (Å²) in [7, 11) is 0. The van der Waals surface area contributed by atoms with Gasteiger partial charge < -0.3 is 19.6 Å². The number of carbonyl (C=O) groups excluding carboxylic acids is 2. The van der Waals surface area contributed by atoms with Crippen LogP contribution in [0.5, 0.6) is 0 Å². The predicted octanol–water partition coefficient (Wildman–Crippen LogP) is 9.19. The molecule has 1 N–H and O–H groups in total. The van der Waals surface area contributed by atoms with Gasteiger partial charge in [-0.1, -0.05) is 47.1 Å². The molecule has 53 heavy (non-hydrogen) atoms. The molecule has 7 aliphatic rings. The highest BCUT2D eigenvalue weighted by Crippen LogP contribution is 2.73. The molecule has 8 unspecified atom stereocenters. The zero-order chi connectivity index (χ0) is 38.1. The van der Waals surface area contributed by atoms with Crippen molar-refractivity contribution in [2.75, 3.05) is 39.3 Å². The number of Topliss-reactive ketones (excluding diaryl/α,β-unsaturated/α-hetero) is 1. The number of fused-ring (bicyclic) bond motifs is 7. The molecular weight excluding hydrogens is 661 g/mol. The molecule has 1 saturated heterocycles. The summed E-state index contributed by atoms with van der Waals surface area (Å²) in [6, 6.07) is 0. The fourth-order valence-electron chi connectivity index (χ4n) is 14.2. The molecular formula is C46H74N2O5. The topological polar surface area (TPSA) is 87.2 Å². The molecule has 5 saturated carbocycles. The van der Waals surface area contributed by atoms with Gasteiger partial charge in [0.2, 0.25) is 0 Å². The van der Waals surface area contributed by atoms with E-state index in [1.54, 1.807) is 19.4 Å². The first-order valence-corrected chi connectivity index (χ1v) is 22.1. The van der Waals surface area contributed by atoms with Gasteiger partial charge in [0.1, 0.15) is 6.10 Å². The number of carboxylic acid groups (broad SMARTS) is 1. The molecule has 7 rings (SSSR count). The van der Waals surface area contributed by atoms with Crippen LogP contribution in [0.2, 0.25) is 0 Å². The minimum absolute atomic E-state index is 0.0523. The zero-order valence-electron chi connectivity index (χ0n) is 34.9. The third kappa shape index (κ3) is 7.12. The van der Waals surface area contributed by atoms with E-state index in [0.717, 1.165) is 44.6 Å². The average Bonchev–Trinajstić information content (AvgIpc) is 3.62. The van der Waals surface area contributed by atoms with Crippen molar-refractivity contribution in [1.82, 2.24) is 9.80 Å². The lowest BCUT2D eigenvalue weighted by atomic mass is 9.36. The second-order valence-electron chi connectivity index (χ2n) is 21.6. The summed E-state index contributed by atoms with van der Waals surface area (Å²) in [6.07, 6.45) is 16.2. The van der Waals surface area contributed by atoms with Crippen molar-refractivity contribution < 1.29 is 24.2 Å². The molecule has 0 aromatic heterocycles. The van der Waals surface area contributed by atoms with Crippen LogP contribution in [-0.2, 0) is 19.1 Å². The van der Waals surface area contributed by atoms with Gasteiger partial charge in [-0.15, -0.1) is 0 Å². The first-order valence-electron chi connectivity index (χ1n) is 22.1. The maximum Gasteiger partial charge on any atom is 0.309 e. The Labute approximate surface area is 321 Å². The molecule has 0 spiro atoms. The molecule has 6 fully saturated rings. The fraction of sp³-hybridized carbons (Fsp3) is 0.891. The van der Waals surface area contributed by atoms with Crippen molar-refractivity contribution in [3.05, 3.63) is 11.1 Å². The number of hydrogen-bond acceptors (Lipinski definition) is 6. The zero-order valence-corrected chi connectivity index (χ0v) is 34.9. The number of likely N-dealkylation sites (tertiary alicyclic amines) is 1. The fourth-order valence-corrected chi connectivity index (χ4v) is 14.2. The third-order valence-corrected chi connectivity index (χ3v) is 17.2. The Morgan fingerprint density at radius 3 is 2.26 bits per heavy atom. The summed E-state index contributed by atoms with van der Waals surface area (Å²) in [5.41, 5.74) is 2.00. The second-order valence-corrected chi connectivity index (χ2v) is 21.6. The van der Waals surface area contributed by atoms with Crippen LogP contribution in [-0.4, -0.2) is 78.0 Å². The standard InChI is InChI=1S/C46H74N2O5/c1-30(2)39-34(49)27-46(21-24-48(29-31-11-12-31)26-25-47-22-9-10-23-47)20-15-33-32(40(39)46)13-14-36-44(33,7)18-16-35-43(5,6)37(17-19-45(35,36)8)53-38(50)28-42(3,4)41(51)52/h30-33,35-37H,9-29H2,1-8H3,(H,51,52). The first kappa shape index (κ1) is 39.5. The third-order valence-electron chi connectivity index (χ3n) is 17.2. The van der Waals surface area contributed by atoms with Gasteiger partial charge in [-0.2, -0.15) is 0 Å². The van der Waals surface area contributed by atoms with Gasteiger partial charge in [0.15, 0.2) is 5.78 Å². The van der Waals surface area contributed by atoms with Crippen LogP contribution in [0, 0.1) is 62.6 Å². The minimum Gasteiger partial charge on any atom is -0.481 e. The van der Waals surface area contributed by atoms with Crippen molar-refractivity contribution in [3.63, 3.8) is 0 Å². The van der Waals surface area contributed by atoms with Crippen LogP contribution in [0.3, 0.4) is 0 Å². The number of carboxylic acids is 1. The molecule has 0 radical (unpaired) electrons.